The molecule has 0 atom stereocenters. The Hall–Kier alpha value is -2.13. The molecule has 3 aromatic rings. The summed E-state index contributed by atoms with van der Waals surface area (Å²) in [7, 11) is 0. The number of hydrogen-bond acceptors (Lipinski definition) is 7. The van der Waals surface area contributed by atoms with Crippen molar-refractivity contribution in [2.24, 2.45) is 0 Å². The molecule has 1 amide bonds. The predicted molar refractivity (Wildman–Crippen MR) is 80.0 cm³/mol. The molecule has 0 saturated heterocycles. The Bertz CT molecular complexity index is 800. The van der Waals surface area contributed by atoms with E-state index in [0.717, 1.165) is 5.01 Å². The van der Waals surface area contributed by atoms with Gasteiger partial charge in [-0.3, -0.25) is 15.1 Å². The summed E-state index contributed by atoms with van der Waals surface area (Å²) >= 11 is 4.73. The van der Waals surface area contributed by atoms with Crippen molar-refractivity contribution < 1.29 is 9.21 Å². The Kier molecular flexibility index (Phi) is 3.76. The quantitative estimate of drug-likeness (QED) is 0.766. The molecule has 0 aliphatic rings. The van der Waals surface area contributed by atoms with Gasteiger partial charge < -0.3 is 4.42 Å². The standard InChI is InChI=1S/C12H8BrN5O2S/c1-6-15-9(5-21-6)11-17-18-12(20-11)16-10(19)7-2-8(13)4-14-3-7/h2-5H,1H3,(H,16,18,19). The number of halogens is 1. The largest absolute Gasteiger partial charge is 0.401 e. The third-order valence-electron chi connectivity index (χ3n) is 2.45. The Balaban J connectivity index is 1.77. The number of nitrogens with zero attached hydrogens (tertiary/aromatic N) is 4. The molecule has 0 fully saturated rings. The Labute approximate surface area is 131 Å². The second kappa shape index (κ2) is 5.70. The van der Waals surface area contributed by atoms with E-state index in [2.05, 4.69) is 41.4 Å². The van der Waals surface area contributed by atoms with Crippen LogP contribution in [0, 0.1) is 6.92 Å². The van der Waals surface area contributed by atoms with Gasteiger partial charge in [-0.15, -0.1) is 16.4 Å². The van der Waals surface area contributed by atoms with Crippen molar-refractivity contribution >= 4 is 39.2 Å². The van der Waals surface area contributed by atoms with E-state index in [-0.39, 0.29) is 17.8 Å². The fourth-order valence-corrected chi connectivity index (χ4v) is 2.50. The van der Waals surface area contributed by atoms with Crippen molar-refractivity contribution in [1.29, 1.82) is 0 Å². The maximum Gasteiger partial charge on any atom is 0.322 e. The maximum atomic E-state index is 12.0. The maximum absolute atomic E-state index is 12.0. The van der Waals surface area contributed by atoms with Gasteiger partial charge in [0.05, 0.1) is 10.6 Å². The molecule has 0 radical (unpaired) electrons. The fraction of sp³-hybridized carbons (Fsp3) is 0.0833. The SMILES string of the molecule is Cc1nc(-c2nnc(NC(=O)c3cncc(Br)c3)o2)cs1. The molecular weight excluding hydrogens is 358 g/mol. The van der Waals surface area contributed by atoms with Gasteiger partial charge in [-0.1, -0.05) is 5.10 Å². The Morgan fingerprint density at radius 1 is 1.38 bits per heavy atom. The zero-order valence-corrected chi connectivity index (χ0v) is 13.1. The van der Waals surface area contributed by atoms with Crippen molar-refractivity contribution in [3.8, 4) is 11.6 Å². The van der Waals surface area contributed by atoms with Crippen molar-refractivity contribution in [1.82, 2.24) is 20.2 Å². The Morgan fingerprint density at radius 2 is 2.24 bits per heavy atom. The monoisotopic (exact) mass is 365 g/mol. The van der Waals surface area contributed by atoms with Gasteiger partial charge in [0.1, 0.15) is 5.69 Å². The van der Waals surface area contributed by atoms with E-state index >= 15 is 0 Å². The van der Waals surface area contributed by atoms with Gasteiger partial charge in [0.15, 0.2) is 0 Å². The number of carbonyl (C=O) groups is 1. The predicted octanol–water partition coefficient (Wildman–Crippen LogP) is 2.91. The molecular formula is C12H8BrN5O2S. The third-order valence-corrected chi connectivity index (χ3v) is 3.66. The summed E-state index contributed by atoms with van der Waals surface area (Å²) in [5.74, 6) is -0.115. The number of hydrogen-bond donors (Lipinski definition) is 1. The van der Waals surface area contributed by atoms with E-state index in [1.807, 2.05) is 12.3 Å². The number of aryl methyl sites for hydroxylation is 1. The minimum atomic E-state index is -0.381. The number of aromatic nitrogens is 4. The van der Waals surface area contributed by atoms with E-state index in [9.17, 15) is 4.79 Å². The van der Waals surface area contributed by atoms with Gasteiger partial charge in [0.25, 0.3) is 11.8 Å². The molecule has 3 heterocycles. The number of pyridine rings is 1. The van der Waals surface area contributed by atoms with Gasteiger partial charge >= 0.3 is 6.01 Å². The number of amides is 1. The molecule has 3 aromatic heterocycles. The highest BCUT2D eigenvalue weighted by Crippen LogP contribution is 2.22. The first-order valence-corrected chi connectivity index (χ1v) is 7.47. The van der Waals surface area contributed by atoms with Crippen LogP contribution < -0.4 is 5.32 Å². The van der Waals surface area contributed by atoms with Crippen LogP contribution in [0.25, 0.3) is 11.6 Å². The molecule has 21 heavy (non-hydrogen) atoms. The number of carbonyl (C=O) groups excluding carboxylic acids is 1. The zero-order valence-electron chi connectivity index (χ0n) is 10.7. The summed E-state index contributed by atoms with van der Waals surface area (Å²) in [5, 5.41) is 12.9. The number of nitrogens with one attached hydrogen (secondary N) is 1. The molecule has 1 N–H and O–H groups in total. The number of thiazole rings is 1. The van der Waals surface area contributed by atoms with Gasteiger partial charge in [0, 0.05) is 22.2 Å². The molecule has 0 spiro atoms. The van der Waals surface area contributed by atoms with Crippen LogP contribution in [0.1, 0.15) is 15.4 Å². The molecule has 3 rings (SSSR count). The molecule has 0 aromatic carbocycles. The van der Waals surface area contributed by atoms with Crippen LogP contribution in [0.2, 0.25) is 0 Å². The second-order valence-electron chi connectivity index (χ2n) is 4.01. The summed E-state index contributed by atoms with van der Waals surface area (Å²) in [6, 6.07) is 1.66. The van der Waals surface area contributed by atoms with E-state index in [0.29, 0.717) is 15.7 Å². The molecule has 0 saturated carbocycles. The van der Waals surface area contributed by atoms with Gasteiger partial charge in [-0.25, -0.2) is 4.98 Å². The minimum absolute atomic E-state index is 0.0145. The molecule has 106 valence electrons. The molecule has 0 aliphatic heterocycles. The van der Waals surface area contributed by atoms with E-state index in [4.69, 9.17) is 4.42 Å². The normalized spacial score (nSPS) is 10.6. The fourth-order valence-electron chi connectivity index (χ4n) is 1.54. The van der Waals surface area contributed by atoms with Crippen molar-refractivity contribution in [3.05, 3.63) is 38.9 Å². The first kappa shape index (κ1) is 13.8. The van der Waals surface area contributed by atoms with Crippen LogP contribution in [0.15, 0.2) is 32.7 Å². The first-order valence-electron chi connectivity index (χ1n) is 5.80. The highest BCUT2D eigenvalue weighted by atomic mass is 79.9. The van der Waals surface area contributed by atoms with Crippen LogP contribution in [0.4, 0.5) is 6.01 Å². The highest BCUT2D eigenvalue weighted by Gasteiger charge is 2.14. The zero-order chi connectivity index (χ0) is 14.8. The van der Waals surface area contributed by atoms with Gasteiger partial charge in [0.2, 0.25) is 0 Å². The van der Waals surface area contributed by atoms with Crippen LogP contribution >= 0.6 is 27.3 Å². The lowest BCUT2D eigenvalue weighted by molar-refractivity contribution is 0.102. The summed E-state index contributed by atoms with van der Waals surface area (Å²) < 4.78 is 6.07. The summed E-state index contributed by atoms with van der Waals surface area (Å²) in [5.41, 5.74) is 0.975. The van der Waals surface area contributed by atoms with Crippen molar-refractivity contribution in [2.75, 3.05) is 5.32 Å². The molecule has 0 bridgehead atoms. The summed E-state index contributed by atoms with van der Waals surface area (Å²) in [6.07, 6.45) is 3.04. The van der Waals surface area contributed by atoms with Crippen molar-refractivity contribution in [3.63, 3.8) is 0 Å². The van der Waals surface area contributed by atoms with Crippen molar-refractivity contribution in [2.45, 2.75) is 6.92 Å². The van der Waals surface area contributed by atoms with E-state index < -0.39 is 0 Å². The number of rotatable bonds is 3. The van der Waals surface area contributed by atoms with Gasteiger partial charge in [-0.2, -0.15) is 0 Å². The van der Waals surface area contributed by atoms with Crippen LogP contribution in [0.5, 0.6) is 0 Å². The van der Waals surface area contributed by atoms with E-state index in [1.165, 1.54) is 17.5 Å². The molecule has 7 nitrogen and oxygen atoms in total. The average Bonchev–Trinajstić information content (AvgIpc) is 3.07. The van der Waals surface area contributed by atoms with Crippen LogP contribution in [-0.4, -0.2) is 26.1 Å². The lowest BCUT2D eigenvalue weighted by atomic mass is 10.3. The molecule has 0 unspecified atom stereocenters. The summed E-state index contributed by atoms with van der Waals surface area (Å²) in [6.45, 7) is 1.88. The van der Waals surface area contributed by atoms with E-state index in [1.54, 1.807) is 12.3 Å². The lowest BCUT2D eigenvalue weighted by Crippen LogP contribution is -2.12. The van der Waals surface area contributed by atoms with Crippen LogP contribution in [0.3, 0.4) is 0 Å². The highest BCUT2D eigenvalue weighted by molar-refractivity contribution is 9.10. The number of anilines is 1. The minimum Gasteiger partial charge on any atom is -0.401 e. The second-order valence-corrected chi connectivity index (χ2v) is 5.99. The molecule has 0 aliphatic carbocycles. The smallest absolute Gasteiger partial charge is 0.322 e. The lowest BCUT2D eigenvalue weighted by Gasteiger charge is -1.99. The Morgan fingerprint density at radius 3 is 2.95 bits per heavy atom. The third kappa shape index (κ3) is 3.14. The average molecular weight is 366 g/mol. The van der Waals surface area contributed by atoms with Crippen LogP contribution in [-0.2, 0) is 0 Å². The van der Waals surface area contributed by atoms with Gasteiger partial charge in [-0.05, 0) is 28.9 Å². The molecule has 9 heteroatoms. The summed E-state index contributed by atoms with van der Waals surface area (Å²) in [4.78, 5) is 20.2. The topological polar surface area (TPSA) is 93.8 Å². The first-order chi connectivity index (χ1) is 10.1.